The van der Waals surface area contributed by atoms with Gasteiger partial charge in [-0.1, -0.05) is 12.1 Å². The van der Waals surface area contributed by atoms with Gasteiger partial charge in [0.2, 0.25) is 5.70 Å². The van der Waals surface area contributed by atoms with E-state index >= 15 is 0 Å². The van der Waals surface area contributed by atoms with E-state index in [1.807, 2.05) is 0 Å². The van der Waals surface area contributed by atoms with Gasteiger partial charge in [0.25, 0.3) is 5.91 Å². The van der Waals surface area contributed by atoms with Crippen LogP contribution in [0.5, 0.6) is 0 Å². The summed E-state index contributed by atoms with van der Waals surface area (Å²) in [5, 5.41) is 20.9. The van der Waals surface area contributed by atoms with Gasteiger partial charge in [-0.2, -0.15) is 10.2 Å². The highest BCUT2D eigenvalue weighted by molar-refractivity contribution is 5.95. The SMILES string of the molecule is CCOC(=O)/C(N=Nc1ccc(C(=O)N/N=C\c2ccc(F)cc2)cc1)=C(/C)O. The first-order valence-electron chi connectivity index (χ1n) is 8.58. The Hall–Kier alpha value is -3.88. The summed E-state index contributed by atoms with van der Waals surface area (Å²) in [6.07, 6.45) is 1.39. The minimum Gasteiger partial charge on any atom is -0.510 e. The Morgan fingerprint density at radius 2 is 1.79 bits per heavy atom. The Balaban J connectivity index is 2.00. The smallest absolute Gasteiger partial charge is 0.362 e. The van der Waals surface area contributed by atoms with Crippen molar-refractivity contribution in [1.29, 1.82) is 0 Å². The molecule has 2 aromatic rings. The molecule has 8 nitrogen and oxygen atoms in total. The largest absolute Gasteiger partial charge is 0.510 e. The van der Waals surface area contributed by atoms with Crippen molar-refractivity contribution in [2.75, 3.05) is 6.61 Å². The maximum atomic E-state index is 12.8. The van der Waals surface area contributed by atoms with Crippen LogP contribution in [0.15, 0.2) is 75.3 Å². The summed E-state index contributed by atoms with van der Waals surface area (Å²) in [5.41, 5.74) is 3.37. The number of aliphatic hydroxyl groups excluding tert-OH is 1. The molecule has 0 radical (unpaired) electrons. The molecule has 0 aliphatic heterocycles. The van der Waals surface area contributed by atoms with Gasteiger partial charge >= 0.3 is 5.97 Å². The quantitative estimate of drug-likeness (QED) is 0.183. The molecule has 0 aliphatic carbocycles. The molecule has 0 saturated heterocycles. The molecule has 0 atom stereocenters. The van der Waals surface area contributed by atoms with E-state index in [-0.39, 0.29) is 23.9 Å². The fourth-order valence-corrected chi connectivity index (χ4v) is 2.03. The predicted octanol–water partition coefficient (Wildman–Crippen LogP) is 4.03. The molecule has 0 spiro atoms. The maximum absolute atomic E-state index is 12.8. The van der Waals surface area contributed by atoms with Crippen molar-refractivity contribution in [2.24, 2.45) is 15.3 Å². The standard InChI is InChI=1S/C20H19FN4O4/c1-3-29-20(28)18(13(2)26)24-23-17-10-6-15(7-11-17)19(27)25-22-12-14-4-8-16(21)9-5-14/h4-12,26H,3H2,1-2H3,(H,25,27)/b18-13+,22-12-,24-23?. The molecule has 0 fully saturated rings. The number of rotatable bonds is 7. The van der Waals surface area contributed by atoms with E-state index in [9.17, 15) is 19.1 Å². The van der Waals surface area contributed by atoms with E-state index in [0.29, 0.717) is 16.8 Å². The fourth-order valence-electron chi connectivity index (χ4n) is 2.03. The van der Waals surface area contributed by atoms with Crippen molar-refractivity contribution in [3.63, 3.8) is 0 Å². The molecule has 0 aromatic heterocycles. The molecule has 2 aromatic carbocycles. The van der Waals surface area contributed by atoms with E-state index in [1.54, 1.807) is 6.92 Å². The number of nitrogens with one attached hydrogen (secondary N) is 1. The Morgan fingerprint density at radius 1 is 1.14 bits per heavy atom. The topological polar surface area (TPSA) is 113 Å². The monoisotopic (exact) mass is 398 g/mol. The lowest BCUT2D eigenvalue weighted by Crippen LogP contribution is -2.17. The number of hydrazone groups is 1. The van der Waals surface area contributed by atoms with Gasteiger partial charge in [-0.15, -0.1) is 5.11 Å². The van der Waals surface area contributed by atoms with E-state index in [2.05, 4.69) is 20.8 Å². The lowest BCUT2D eigenvalue weighted by Gasteiger charge is -2.02. The first kappa shape index (κ1) is 21.4. The van der Waals surface area contributed by atoms with Crippen molar-refractivity contribution < 1.29 is 23.8 Å². The van der Waals surface area contributed by atoms with Gasteiger partial charge in [-0.05, 0) is 55.8 Å². The minimum atomic E-state index is -0.786. The number of esters is 1. The van der Waals surface area contributed by atoms with Gasteiger partial charge in [0.15, 0.2) is 0 Å². The van der Waals surface area contributed by atoms with Gasteiger partial charge in [-0.3, -0.25) is 4.79 Å². The normalized spacial score (nSPS) is 12.1. The lowest BCUT2D eigenvalue weighted by molar-refractivity contribution is -0.138. The summed E-state index contributed by atoms with van der Waals surface area (Å²) in [5.74, 6) is -1.92. The van der Waals surface area contributed by atoms with Crippen LogP contribution < -0.4 is 5.43 Å². The summed E-state index contributed by atoms with van der Waals surface area (Å²) in [4.78, 5) is 23.8. The second-order valence-electron chi connectivity index (χ2n) is 5.65. The maximum Gasteiger partial charge on any atom is 0.362 e. The molecule has 0 heterocycles. The molecule has 29 heavy (non-hydrogen) atoms. The zero-order valence-corrected chi connectivity index (χ0v) is 15.8. The Bertz CT molecular complexity index is 947. The summed E-state index contributed by atoms with van der Waals surface area (Å²) in [6.45, 7) is 3.07. The first-order chi connectivity index (χ1) is 13.9. The predicted molar refractivity (Wildman–Crippen MR) is 104 cm³/mol. The van der Waals surface area contributed by atoms with Crippen LogP contribution in [0.1, 0.15) is 29.8 Å². The van der Waals surface area contributed by atoms with Crippen LogP contribution in [-0.4, -0.2) is 29.8 Å². The second kappa shape index (κ2) is 10.5. The fraction of sp³-hybridized carbons (Fsp3) is 0.150. The number of azo groups is 1. The van der Waals surface area contributed by atoms with Crippen LogP contribution >= 0.6 is 0 Å². The number of allylic oxidation sites excluding steroid dienone is 1. The van der Waals surface area contributed by atoms with Crippen LogP contribution in [0.2, 0.25) is 0 Å². The molecule has 0 saturated carbocycles. The van der Waals surface area contributed by atoms with Crippen LogP contribution in [0, 0.1) is 5.82 Å². The lowest BCUT2D eigenvalue weighted by atomic mass is 10.2. The van der Waals surface area contributed by atoms with Crippen molar-refractivity contribution in [2.45, 2.75) is 13.8 Å². The molecule has 150 valence electrons. The van der Waals surface area contributed by atoms with Gasteiger partial charge < -0.3 is 9.84 Å². The number of ether oxygens (including phenoxy) is 1. The first-order valence-corrected chi connectivity index (χ1v) is 8.58. The van der Waals surface area contributed by atoms with Gasteiger partial charge in [-0.25, -0.2) is 14.6 Å². The van der Waals surface area contributed by atoms with E-state index < -0.39 is 11.9 Å². The Labute approximate surface area is 166 Å². The second-order valence-corrected chi connectivity index (χ2v) is 5.65. The third-order valence-electron chi connectivity index (χ3n) is 3.46. The van der Waals surface area contributed by atoms with Crippen LogP contribution in [-0.2, 0) is 9.53 Å². The zero-order chi connectivity index (χ0) is 21.2. The average molecular weight is 398 g/mol. The molecule has 0 unspecified atom stereocenters. The highest BCUT2D eigenvalue weighted by Gasteiger charge is 2.14. The molecule has 2 N–H and O–H groups in total. The van der Waals surface area contributed by atoms with Crippen LogP contribution in [0.3, 0.4) is 0 Å². The number of carbonyl (C=O) groups excluding carboxylic acids is 2. The number of carbonyl (C=O) groups is 2. The molecule has 2 rings (SSSR count). The summed E-state index contributed by atoms with van der Waals surface area (Å²) >= 11 is 0. The number of hydrogen-bond donors (Lipinski definition) is 2. The highest BCUT2D eigenvalue weighted by atomic mass is 19.1. The van der Waals surface area contributed by atoms with Crippen LogP contribution in [0.25, 0.3) is 0 Å². The third kappa shape index (κ3) is 6.65. The van der Waals surface area contributed by atoms with Crippen molar-refractivity contribution in [1.82, 2.24) is 5.43 Å². The molecule has 0 aliphatic rings. The Kier molecular flexibility index (Phi) is 7.72. The van der Waals surface area contributed by atoms with Crippen LogP contribution in [0.4, 0.5) is 10.1 Å². The molecule has 1 amide bonds. The molecular weight excluding hydrogens is 379 g/mol. The van der Waals surface area contributed by atoms with E-state index in [4.69, 9.17) is 4.74 Å². The number of amides is 1. The number of nitrogens with zero attached hydrogens (tertiary/aromatic N) is 3. The highest BCUT2D eigenvalue weighted by Crippen LogP contribution is 2.16. The third-order valence-corrected chi connectivity index (χ3v) is 3.46. The van der Waals surface area contributed by atoms with Crippen molar-refractivity contribution in [3.05, 3.63) is 76.9 Å². The summed E-state index contributed by atoms with van der Waals surface area (Å²) in [7, 11) is 0. The van der Waals surface area contributed by atoms with E-state index in [1.165, 1.54) is 61.7 Å². The van der Waals surface area contributed by atoms with Crippen molar-refractivity contribution in [3.8, 4) is 0 Å². The minimum absolute atomic E-state index is 0.137. The number of halogens is 1. The molecule has 0 bridgehead atoms. The van der Waals surface area contributed by atoms with Gasteiger partial charge in [0, 0.05) is 5.56 Å². The molecule has 9 heteroatoms. The zero-order valence-electron chi connectivity index (χ0n) is 15.8. The van der Waals surface area contributed by atoms with E-state index in [0.717, 1.165) is 0 Å². The number of hydrogen-bond acceptors (Lipinski definition) is 7. The Morgan fingerprint density at radius 3 is 2.38 bits per heavy atom. The van der Waals surface area contributed by atoms with Gasteiger partial charge in [0.05, 0.1) is 18.5 Å². The average Bonchev–Trinajstić information content (AvgIpc) is 2.70. The molecular formula is C20H19FN4O4. The summed E-state index contributed by atoms with van der Waals surface area (Å²) in [6, 6.07) is 11.6. The number of benzene rings is 2. The summed E-state index contributed by atoms with van der Waals surface area (Å²) < 4.78 is 17.6. The van der Waals surface area contributed by atoms with Crippen molar-refractivity contribution >= 4 is 23.8 Å². The van der Waals surface area contributed by atoms with Gasteiger partial charge in [0.1, 0.15) is 11.6 Å². The number of aliphatic hydroxyl groups is 1.